The van der Waals surface area contributed by atoms with Gasteiger partial charge in [-0.1, -0.05) is 29.8 Å². The van der Waals surface area contributed by atoms with Crippen molar-refractivity contribution < 1.29 is 4.74 Å². The monoisotopic (exact) mass is 289 g/mol. The number of ether oxygens (including phenoxy) is 1. The number of nitrogens with zero attached hydrogens (tertiary/aromatic N) is 1. The molecule has 1 fully saturated rings. The largest absolute Gasteiger partial charge is 0.378 e. The van der Waals surface area contributed by atoms with Crippen molar-refractivity contribution in [3.05, 3.63) is 52.2 Å². The zero-order valence-corrected chi connectivity index (χ0v) is 12.4. The molecular weight excluding hydrogens is 270 g/mol. The van der Waals surface area contributed by atoms with Gasteiger partial charge in [-0.25, -0.2) is 0 Å². The summed E-state index contributed by atoms with van der Waals surface area (Å²) < 4.78 is 5.45. The maximum Gasteiger partial charge on any atom is 0.0642 e. The summed E-state index contributed by atoms with van der Waals surface area (Å²) >= 11 is 5.95. The van der Waals surface area contributed by atoms with Crippen LogP contribution in [0.3, 0.4) is 0 Å². The molecule has 1 aromatic carbocycles. The Morgan fingerprint density at radius 2 is 1.85 bits per heavy atom. The van der Waals surface area contributed by atoms with E-state index >= 15 is 0 Å². The van der Waals surface area contributed by atoms with Crippen LogP contribution in [0.1, 0.15) is 24.8 Å². The van der Waals surface area contributed by atoms with Gasteiger partial charge in [0.2, 0.25) is 0 Å². The van der Waals surface area contributed by atoms with Crippen LogP contribution in [-0.2, 0) is 4.74 Å². The summed E-state index contributed by atoms with van der Waals surface area (Å²) in [5.74, 6) is 0. The smallest absolute Gasteiger partial charge is 0.0642 e. The average Bonchev–Trinajstić information content (AvgIpc) is 2.51. The number of morpholine rings is 1. The van der Waals surface area contributed by atoms with Gasteiger partial charge >= 0.3 is 0 Å². The first-order valence-corrected chi connectivity index (χ1v) is 7.70. The molecule has 0 unspecified atom stereocenters. The van der Waals surface area contributed by atoms with Gasteiger partial charge in [0.05, 0.1) is 13.2 Å². The minimum atomic E-state index is 0.791. The van der Waals surface area contributed by atoms with Crippen LogP contribution in [0, 0.1) is 0 Å². The molecule has 2 aliphatic rings. The fraction of sp³-hybridized carbons (Fsp3) is 0.412. The number of hydrogen-bond donors (Lipinski definition) is 0. The van der Waals surface area contributed by atoms with E-state index in [1.54, 1.807) is 0 Å². The summed E-state index contributed by atoms with van der Waals surface area (Å²) in [4.78, 5) is 2.46. The molecule has 0 radical (unpaired) electrons. The number of halogens is 1. The molecule has 3 heteroatoms. The zero-order valence-electron chi connectivity index (χ0n) is 11.6. The number of rotatable bonds is 2. The van der Waals surface area contributed by atoms with E-state index in [4.69, 9.17) is 16.3 Å². The van der Waals surface area contributed by atoms with Gasteiger partial charge in [0.15, 0.2) is 0 Å². The van der Waals surface area contributed by atoms with Crippen molar-refractivity contribution >= 4 is 17.7 Å². The molecule has 1 saturated heterocycles. The van der Waals surface area contributed by atoms with Crippen molar-refractivity contribution in [2.24, 2.45) is 0 Å². The Labute approximate surface area is 125 Å². The van der Waals surface area contributed by atoms with Crippen molar-refractivity contribution in [2.75, 3.05) is 26.3 Å². The molecular formula is C17H20ClNO. The van der Waals surface area contributed by atoms with Crippen molar-refractivity contribution in [3.63, 3.8) is 0 Å². The Morgan fingerprint density at radius 3 is 2.60 bits per heavy atom. The second-order valence-electron chi connectivity index (χ2n) is 5.30. The number of hydrogen-bond acceptors (Lipinski definition) is 2. The molecule has 0 atom stereocenters. The molecule has 1 aliphatic heterocycles. The van der Waals surface area contributed by atoms with E-state index in [9.17, 15) is 0 Å². The van der Waals surface area contributed by atoms with Gasteiger partial charge in [-0.3, -0.25) is 0 Å². The Balaban J connectivity index is 1.84. The molecule has 1 aliphatic carbocycles. The van der Waals surface area contributed by atoms with Gasteiger partial charge in [-0.2, -0.15) is 0 Å². The van der Waals surface area contributed by atoms with Crippen molar-refractivity contribution in [2.45, 2.75) is 19.3 Å². The van der Waals surface area contributed by atoms with Gasteiger partial charge in [0.25, 0.3) is 0 Å². The fourth-order valence-corrected chi connectivity index (χ4v) is 2.96. The predicted molar refractivity (Wildman–Crippen MR) is 83.8 cm³/mol. The van der Waals surface area contributed by atoms with Gasteiger partial charge in [0, 0.05) is 23.8 Å². The van der Waals surface area contributed by atoms with Crippen LogP contribution in [0.15, 0.2) is 41.6 Å². The van der Waals surface area contributed by atoms with Crippen LogP contribution in [0.25, 0.3) is 6.08 Å². The topological polar surface area (TPSA) is 12.5 Å². The van der Waals surface area contributed by atoms with E-state index in [1.807, 2.05) is 12.1 Å². The Hall–Kier alpha value is -1.25. The normalized spacial score (nSPS) is 21.9. The van der Waals surface area contributed by atoms with Crippen LogP contribution in [0.2, 0.25) is 5.02 Å². The first kappa shape index (κ1) is 13.7. The third-order valence-corrected chi connectivity index (χ3v) is 4.13. The van der Waals surface area contributed by atoms with Gasteiger partial charge in [-0.15, -0.1) is 0 Å². The summed E-state index contributed by atoms with van der Waals surface area (Å²) in [5, 5.41) is 0.791. The van der Waals surface area contributed by atoms with E-state index in [2.05, 4.69) is 29.2 Å². The molecule has 0 N–H and O–H groups in total. The highest BCUT2D eigenvalue weighted by Crippen LogP contribution is 2.29. The minimum Gasteiger partial charge on any atom is -0.378 e. The third kappa shape index (κ3) is 3.25. The molecule has 3 rings (SSSR count). The van der Waals surface area contributed by atoms with E-state index in [1.165, 1.54) is 29.7 Å². The molecule has 2 nitrogen and oxygen atoms in total. The average molecular weight is 290 g/mol. The SMILES string of the molecule is Clc1ccc(C=C2CCCC=C2N2CCOCC2)cc1. The van der Waals surface area contributed by atoms with Crippen LogP contribution in [0.4, 0.5) is 0 Å². The fourth-order valence-electron chi connectivity index (χ4n) is 2.83. The maximum atomic E-state index is 5.95. The summed E-state index contributed by atoms with van der Waals surface area (Å²) in [6.45, 7) is 3.69. The van der Waals surface area contributed by atoms with E-state index in [0.717, 1.165) is 37.7 Å². The van der Waals surface area contributed by atoms with Crippen molar-refractivity contribution in [3.8, 4) is 0 Å². The molecule has 1 heterocycles. The highest BCUT2D eigenvalue weighted by molar-refractivity contribution is 6.30. The summed E-state index contributed by atoms with van der Waals surface area (Å²) in [6, 6.07) is 8.07. The summed E-state index contributed by atoms with van der Waals surface area (Å²) in [6.07, 6.45) is 8.27. The molecule has 20 heavy (non-hydrogen) atoms. The first-order valence-electron chi connectivity index (χ1n) is 7.32. The molecule has 0 bridgehead atoms. The molecule has 1 aromatic rings. The maximum absolute atomic E-state index is 5.95. The first-order chi connectivity index (χ1) is 9.83. The Kier molecular flexibility index (Phi) is 4.44. The highest BCUT2D eigenvalue weighted by atomic mass is 35.5. The van der Waals surface area contributed by atoms with Gasteiger partial charge in [0.1, 0.15) is 0 Å². The van der Waals surface area contributed by atoms with Crippen molar-refractivity contribution in [1.29, 1.82) is 0 Å². The number of benzene rings is 1. The minimum absolute atomic E-state index is 0.791. The molecule has 0 spiro atoms. The molecule has 0 amide bonds. The lowest BCUT2D eigenvalue weighted by molar-refractivity contribution is 0.0542. The predicted octanol–water partition coefficient (Wildman–Crippen LogP) is 4.12. The standard InChI is InChI=1S/C17H20ClNO/c18-16-7-5-14(6-8-16)13-15-3-1-2-4-17(15)19-9-11-20-12-10-19/h4-8,13H,1-3,9-12H2. The lowest BCUT2D eigenvalue weighted by Crippen LogP contribution is -2.36. The second kappa shape index (κ2) is 6.47. The van der Waals surface area contributed by atoms with E-state index in [0.29, 0.717) is 0 Å². The Morgan fingerprint density at radius 1 is 1.10 bits per heavy atom. The second-order valence-corrected chi connectivity index (χ2v) is 5.74. The Bertz CT molecular complexity index is 512. The molecule has 0 saturated carbocycles. The van der Waals surface area contributed by atoms with Crippen molar-refractivity contribution in [1.82, 2.24) is 4.90 Å². The summed E-state index contributed by atoms with van der Waals surface area (Å²) in [7, 11) is 0. The quantitative estimate of drug-likeness (QED) is 0.812. The molecule has 106 valence electrons. The lowest BCUT2D eigenvalue weighted by Gasteiger charge is -2.34. The zero-order chi connectivity index (χ0) is 13.8. The number of allylic oxidation sites excluding steroid dienone is 2. The van der Waals surface area contributed by atoms with Gasteiger partial charge < -0.3 is 9.64 Å². The lowest BCUT2D eigenvalue weighted by atomic mass is 9.95. The van der Waals surface area contributed by atoms with E-state index < -0.39 is 0 Å². The summed E-state index contributed by atoms with van der Waals surface area (Å²) in [5.41, 5.74) is 4.08. The van der Waals surface area contributed by atoms with Crippen LogP contribution in [-0.4, -0.2) is 31.2 Å². The van der Waals surface area contributed by atoms with E-state index in [-0.39, 0.29) is 0 Å². The highest BCUT2D eigenvalue weighted by Gasteiger charge is 2.19. The van der Waals surface area contributed by atoms with Crippen LogP contribution >= 0.6 is 11.6 Å². The molecule has 0 aromatic heterocycles. The van der Waals surface area contributed by atoms with Crippen LogP contribution in [0.5, 0.6) is 0 Å². The van der Waals surface area contributed by atoms with Gasteiger partial charge in [-0.05, 0) is 48.6 Å². The third-order valence-electron chi connectivity index (χ3n) is 3.88. The van der Waals surface area contributed by atoms with Crippen LogP contribution < -0.4 is 0 Å².